The van der Waals surface area contributed by atoms with Crippen LogP contribution in [0.1, 0.15) is 35.5 Å². The summed E-state index contributed by atoms with van der Waals surface area (Å²) in [6.07, 6.45) is 0. The maximum Gasteiger partial charge on any atom is 0.134 e. The molecule has 0 spiro atoms. The molecule has 2 rings (SSSR count). The van der Waals surface area contributed by atoms with Gasteiger partial charge in [-0.05, 0) is 57.8 Å². The van der Waals surface area contributed by atoms with E-state index < -0.39 is 0 Å². The lowest BCUT2D eigenvalue weighted by molar-refractivity contribution is 0.665. The molecule has 4 heteroatoms. The third-order valence-corrected chi connectivity index (χ3v) is 4.47. The molecule has 0 fully saturated rings. The number of aromatic nitrogens is 1. The summed E-state index contributed by atoms with van der Waals surface area (Å²) in [5, 5.41) is 5.41. The lowest BCUT2D eigenvalue weighted by Gasteiger charge is -2.30. The molecule has 0 unspecified atom stereocenters. The minimum Gasteiger partial charge on any atom is -0.349 e. The fourth-order valence-electron chi connectivity index (χ4n) is 2.55. The van der Waals surface area contributed by atoms with Crippen LogP contribution in [0, 0.1) is 13.8 Å². The zero-order chi connectivity index (χ0) is 15.4. The second-order valence-electron chi connectivity index (χ2n) is 5.71. The van der Waals surface area contributed by atoms with Crippen molar-refractivity contribution in [1.82, 2.24) is 10.3 Å². The molecule has 0 radical (unpaired) electrons. The van der Waals surface area contributed by atoms with Crippen LogP contribution in [0.15, 0.2) is 23.6 Å². The number of anilines is 1. The van der Waals surface area contributed by atoms with Gasteiger partial charge in [0.1, 0.15) is 5.82 Å². The van der Waals surface area contributed by atoms with E-state index in [2.05, 4.69) is 61.5 Å². The van der Waals surface area contributed by atoms with Crippen LogP contribution in [-0.2, 0) is 13.1 Å². The lowest BCUT2D eigenvalue weighted by atomic mass is 10.1. The molecular formula is C17H25N3S. The van der Waals surface area contributed by atoms with Crippen molar-refractivity contribution in [3.63, 3.8) is 0 Å². The Kier molecular flexibility index (Phi) is 5.37. The van der Waals surface area contributed by atoms with Crippen LogP contribution in [-0.4, -0.2) is 18.1 Å². The topological polar surface area (TPSA) is 28.2 Å². The van der Waals surface area contributed by atoms with Gasteiger partial charge in [-0.2, -0.15) is 0 Å². The molecule has 0 aromatic carbocycles. The van der Waals surface area contributed by atoms with Crippen LogP contribution in [0.3, 0.4) is 0 Å². The number of nitrogens with one attached hydrogen (secondary N) is 1. The molecule has 0 bridgehead atoms. The predicted molar refractivity (Wildman–Crippen MR) is 92.1 cm³/mol. The first kappa shape index (κ1) is 16.0. The van der Waals surface area contributed by atoms with Crippen LogP contribution >= 0.6 is 11.3 Å². The number of rotatable bonds is 6. The van der Waals surface area contributed by atoms with Gasteiger partial charge in [0.15, 0.2) is 0 Å². The maximum atomic E-state index is 4.85. The minimum absolute atomic E-state index is 0.413. The summed E-state index contributed by atoms with van der Waals surface area (Å²) in [5.41, 5.74) is 3.69. The summed E-state index contributed by atoms with van der Waals surface area (Å²) in [6.45, 7) is 10.5. The van der Waals surface area contributed by atoms with E-state index in [1.54, 1.807) is 11.3 Å². The Balaban J connectivity index is 2.43. The number of pyridine rings is 1. The molecule has 0 amide bonds. The van der Waals surface area contributed by atoms with E-state index >= 15 is 0 Å². The van der Waals surface area contributed by atoms with E-state index in [1.165, 1.54) is 16.0 Å². The molecule has 2 aromatic rings. The second kappa shape index (κ2) is 7.05. The third-order valence-electron chi connectivity index (χ3n) is 3.61. The molecule has 0 atom stereocenters. The van der Waals surface area contributed by atoms with E-state index in [4.69, 9.17) is 4.98 Å². The SMILES string of the molecule is CNCc1c(C)cc(C)nc1N(Cc1cccs1)C(C)C. The quantitative estimate of drug-likeness (QED) is 0.877. The predicted octanol–water partition coefficient (Wildman–Crippen LogP) is 3.89. The highest BCUT2D eigenvalue weighted by Gasteiger charge is 2.18. The van der Waals surface area contributed by atoms with Crippen molar-refractivity contribution in [2.24, 2.45) is 0 Å². The van der Waals surface area contributed by atoms with E-state index in [1.807, 2.05) is 7.05 Å². The summed E-state index contributed by atoms with van der Waals surface area (Å²) in [5.74, 6) is 1.12. The van der Waals surface area contributed by atoms with E-state index in [9.17, 15) is 0 Å². The number of hydrogen-bond acceptors (Lipinski definition) is 4. The van der Waals surface area contributed by atoms with Gasteiger partial charge in [0.2, 0.25) is 0 Å². The summed E-state index contributed by atoms with van der Waals surface area (Å²) in [4.78, 5) is 8.62. The summed E-state index contributed by atoms with van der Waals surface area (Å²) >= 11 is 1.81. The number of aryl methyl sites for hydroxylation is 2. The van der Waals surface area contributed by atoms with Gasteiger partial charge in [0.25, 0.3) is 0 Å². The van der Waals surface area contributed by atoms with Gasteiger partial charge in [0.05, 0.1) is 6.54 Å². The first-order valence-corrected chi connectivity index (χ1v) is 8.31. The molecule has 2 aromatic heterocycles. The van der Waals surface area contributed by atoms with Gasteiger partial charge in [-0.3, -0.25) is 0 Å². The zero-order valence-corrected chi connectivity index (χ0v) is 14.4. The molecule has 2 heterocycles. The Hall–Kier alpha value is -1.39. The second-order valence-corrected chi connectivity index (χ2v) is 6.75. The Morgan fingerprint density at radius 3 is 2.67 bits per heavy atom. The fourth-order valence-corrected chi connectivity index (χ4v) is 3.25. The zero-order valence-electron chi connectivity index (χ0n) is 13.6. The van der Waals surface area contributed by atoms with Crippen LogP contribution in [0.5, 0.6) is 0 Å². The van der Waals surface area contributed by atoms with Crippen LogP contribution < -0.4 is 10.2 Å². The van der Waals surface area contributed by atoms with Crippen molar-refractivity contribution < 1.29 is 0 Å². The molecule has 0 saturated carbocycles. The van der Waals surface area contributed by atoms with E-state index in [0.29, 0.717) is 6.04 Å². The molecule has 3 nitrogen and oxygen atoms in total. The van der Waals surface area contributed by atoms with Crippen LogP contribution in [0.25, 0.3) is 0 Å². The standard InChI is InChI=1S/C17H25N3S/c1-12(2)20(11-15-7-6-8-21-15)17-16(10-18-5)13(3)9-14(4)19-17/h6-9,12,18H,10-11H2,1-5H3. The van der Waals surface area contributed by atoms with Gasteiger partial charge in [0, 0.05) is 28.7 Å². The molecule has 0 aliphatic heterocycles. The summed E-state index contributed by atoms with van der Waals surface area (Å²) in [7, 11) is 1.99. The number of hydrogen-bond donors (Lipinski definition) is 1. The molecule has 21 heavy (non-hydrogen) atoms. The smallest absolute Gasteiger partial charge is 0.134 e. The van der Waals surface area contributed by atoms with Gasteiger partial charge < -0.3 is 10.2 Å². The van der Waals surface area contributed by atoms with Crippen molar-refractivity contribution in [3.8, 4) is 0 Å². The van der Waals surface area contributed by atoms with Crippen molar-refractivity contribution >= 4 is 17.2 Å². The summed E-state index contributed by atoms with van der Waals surface area (Å²) < 4.78 is 0. The average Bonchev–Trinajstić information content (AvgIpc) is 2.91. The van der Waals surface area contributed by atoms with Crippen molar-refractivity contribution in [2.45, 2.75) is 46.8 Å². The Bertz CT molecular complexity index is 576. The third kappa shape index (κ3) is 3.83. The van der Waals surface area contributed by atoms with Crippen molar-refractivity contribution in [1.29, 1.82) is 0 Å². The Morgan fingerprint density at radius 2 is 2.10 bits per heavy atom. The highest BCUT2D eigenvalue weighted by atomic mass is 32.1. The largest absolute Gasteiger partial charge is 0.349 e. The fraction of sp³-hybridized carbons (Fsp3) is 0.471. The molecule has 114 valence electrons. The van der Waals surface area contributed by atoms with Gasteiger partial charge >= 0.3 is 0 Å². The number of thiophene rings is 1. The first-order chi connectivity index (χ1) is 10.0. The minimum atomic E-state index is 0.413. The van der Waals surface area contributed by atoms with Gasteiger partial charge in [-0.15, -0.1) is 11.3 Å². The monoisotopic (exact) mass is 303 g/mol. The highest BCUT2D eigenvalue weighted by molar-refractivity contribution is 7.09. The maximum absolute atomic E-state index is 4.85. The molecule has 0 aliphatic rings. The molecule has 0 aliphatic carbocycles. The van der Waals surface area contributed by atoms with E-state index in [0.717, 1.165) is 24.6 Å². The number of nitrogens with zero attached hydrogens (tertiary/aromatic N) is 2. The molecule has 0 saturated heterocycles. The Labute approximate surface area is 132 Å². The van der Waals surface area contributed by atoms with Gasteiger partial charge in [-0.25, -0.2) is 4.98 Å². The lowest BCUT2D eigenvalue weighted by Crippen LogP contribution is -2.32. The normalized spacial score (nSPS) is 11.1. The van der Waals surface area contributed by atoms with Crippen LogP contribution in [0.4, 0.5) is 5.82 Å². The van der Waals surface area contributed by atoms with Crippen molar-refractivity contribution in [3.05, 3.63) is 45.3 Å². The van der Waals surface area contributed by atoms with Gasteiger partial charge in [-0.1, -0.05) is 6.07 Å². The van der Waals surface area contributed by atoms with E-state index in [-0.39, 0.29) is 0 Å². The molecular weight excluding hydrogens is 278 g/mol. The first-order valence-electron chi connectivity index (χ1n) is 7.43. The highest BCUT2D eigenvalue weighted by Crippen LogP contribution is 2.27. The van der Waals surface area contributed by atoms with Crippen molar-refractivity contribution in [2.75, 3.05) is 11.9 Å². The Morgan fingerprint density at radius 1 is 1.33 bits per heavy atom. The molecule has 1 N–H and O–H groups in total. The summed E-state index contributed by atoms with van der Waals surface area (Å²) in [6, 6.07) is 6.89. The average molecular weight is 303 g/mol. The van der Waals surface area contributed by atoms with Crippen LogP contribution in [0.2, 0.25) is 0 Å².